The first kappa shape index (κ1) is 28.6. The fraction of sp³-hybridized carbons (Fsp3) is 0.417. The molecule has 0 saturated heterocycles. The van der Waals surface area contributed by atoms with Gasteiger partial charge in [0.1, 0.15) is 11.6 Å². The number of halogens is 2. The Hall–Kier alpha value is -2.40. The maximum Gasteiger partial charge on any atom is 0.224 e. The molecular weight excluding hydrogens is 538 g/mol. The van der Waals surface area contributed by atoms with Crippen molar-refractivity contribution in [1.29, 1.82) is 0 Å². The summed E-state index contributed by atoms with van der Waals surface area (Å²) in [6, 6.07) is 12.0. The van der Waals surface area contributed by atoms with Gasteiger partial charge in [-0.15, -0.1) is 24.0 Å². The van der Waals surface area contributed by atoms with Crippen LogP contribution in [0.1, 0.15) is 23.1 Å². The van der Waals surface area contributed by atoms with Gasteiger partial charge in [-0.1, -0.05) is 24.3 Å². The lowest BCUT2D eigenvalue weighted by atomic mass is 10.1. The van der Waals surface area contributed by atoms with Gasteiger partial charge in [0.2, 0.25) is 5.91 Å². The summed E-state index contributed by atoms with van der Waals surface area (Å²) in [4.78, 5) is 16.2. The number of guanidine groups is 1. The van der Waals surface area contributed by atoms with E-state index < -0.39 is 0 Å². The fourth-order valence-electron chi connectivity index (χ4n) is 2.96. The number of ether oxygens (including phenoxy) is 2. The molecule has 0 aromatic heterocycles. The summed E-state index contributed by atoms with van der Waals surface area (Å²) in [7, 11) is 3.37. The van der Waals surface area contributed by atoms with E-state index in [0.29, 0.717) is 38.8 Å². The van der Waals surface area contributed by atoms with Crippen LogP contribution in [-0.4, -0.2) is 52.3 Å². The minimum absolute atomic E-state index is 0. The van der Waals surface area contributed by atoms with Crippen molar-refractivity contribution in [3.8, 4) is 5.75 Å². The van der Waals surface area contributed by atoms with E-state index in [4.69, 9.17) is 9.47 Å². The summed E-state index contributed by atoms with van der Waals surface area (Å²) in [6.07, 6.45) is 1.04. The van der Waals surface area contributed by atoms with Gasteiger partial charge >= 0.3 is 0 Å². The van der Waals surface area contributed by atoms with Crippen LogP contribution in [-0.2, 0) is 22.5 Å². The molecule has 3 N–H and O–H groups in total. The largest absolute Gasteiger partial charge is 0.493 e. The Balaban J connectivity index is 0.00000544. The molecule has 2 rings (SSSR count). The lowest BCUT2D eigenvalue weighted by molar-refractivity contribution is -0.120. The molecule has 0 spiro atoms. The maximum absolute atomic E-state index is 12.9. The number of nitrogens with zero attached hydrogens (tertiary/aromatic N) is 1. The molecule has 0 heterocycles. The molecule has 33 heavy (non-hydrogen) atoms. The lowest BCUT2D eigenvalue weighted by Crippen LogP contribution is -2.41. The third-order valence-corrected chi connectivity index (χ3v) is 4.66. The van der Waals surface area contributed by atoms with Gasteiger partial charge in [0.15, 0.2) is 5.96 Å². The van der Waals surface area contributed by atoms with Crippen LogP contribution in [0, 0.1) is 12.7 Å². The van der Waals surface area contributed by atoms with Gasteiger partial charge in [0.25, 0.3) is 0 Å². The van der Waals surface area contributed by atoms with Crippen molar-refractivity contribution in [1.82, 2.24) is 16.0 Å². The minimum atomic E-state index is -0.312. The summed E-state index contributed by atoms with van der Waals surface area (Å²) < 4.78 is 23.9. The number of aliphatic imine (C=N–C) groups is 1. The molecule has 2 aromatic rings. The van der Waals surface area contributed by atoms with Gasteiger partial charge in [0, 0.05) is 52.4 Å². The number of hydrogen-bond acceptors (Lipinski definition) is 4. The Morgan fingerprint density at radius 1 is 1.03 bits per heavy atom. The molecule has 2 aromatic carbocycles. The number of rotatable bonds is 12. The number of aryl methyl sites for hydroxylation is 1. The van der Waals surface area contributed by atoms with Gasteiger partial charge in [-0.25, -0.2) is 4.39 Å². The quantitative estimate of drug-likeness (QED) is 0.158. The van der Waals surface area contributed by atoms with Crippen molar-refractivity contribution >= 4 is 35.8 Å². The molecule has 1 amide bonds. The first-order valence-corrected chi connectivity index (χ1v) is 10.7. The number of nitrogens with one attached hydrogen (secondary N) is 3. The second-order valence-corrected chi connectivity index (χ2v) is 7.31. The van der Waals surface area contributed by atoms with E-state index in [1.165, 1.54) is 12.1 Å². The van der Waals surface area contributed by atoms with Crippen LogP contribution in [0.4, 0.5) is 4.39 Å². The molecule has 0 fully saturated rings. The van der Waals surface area contributed by atoms with Gasteiger partial charge < -0.3 is 25.4 Å². The minimum Gasteiger partial charge on any atom is -0.493 e. The van der Waals surface area contributed by atoms with Crippen LogP contribution in [0.15, 0.2) is 47.5 Å². The molecule has 0 aliphatic carbocycles. The summed E-state index contributed by atoms with van der Waals surface area (Å²) in [6.45, 7) is 4.80. The molecule has 0 saturated carbocycles. The Labute approximate surface area is 212 Å². The second kappa shape index (κ2) is 16.2. The number of carbonyl (C=O) groups excluding carboxylic acids is 1. The van der Waals surface area contributed by atoms with Gasteiger partial charge in [-0.3, -0.25) is 9.79 Å². The average molecular weight is 572 g/mol. The number of amides is 1. The molecule has 0 aliphatic heterocycles. The number of carbonyl (C=O) groups is 1. The number of methoxy groups -OCH3 is 1. The Bertz CT molecular complexity index is 879. The van der Waals surface area contributed by atoms with Crippen molar-refractivity contribution in [3.05, 3.63) is 65.0 Å². The van der Waals surface area contributed by atoms with E-state index in [-0.39, 0.29) is 42.1 Å². The summed E-state index contributed by atoms with van der Waals surface area (Å²) in [5, 5.41) is 9.28. The van der Waals surface area contributed by atoms with Crippen LogP contribution in [0.3, 0.4) is 0 Å². The monoisotopic (exact) mass is 572 g/mol. The Kier molecular flexibility index (Phi) is 14.1. The number of benzene rings is 2. The molecular formula is C24H34FIN4O3. The SMILES string of the molecule is CN=C(NCCNC(=O)Cc1ccc(F)cc1)NCc1ccc(C)cc1OCCCOC.I. The Morgan fingerprint density at radius 3 is 2.45 bits per heavy atom. The predicted octanol–water partition coefficient (Wildman–Crippen LogP) is 3.19. The highest BCUT2D eigenvalue weighted by atomic mass is 127. The molecule has 0 unspecified atom stereocenters. The molecule has 7 nitrogen and oxygen atoms in total. The smallest absolute Gasteiger partial charge is 0.224 e. The average Bonchev–Trinajstić information content (AvgIpc) is 2.79. The summed E-state index contributed by atoms with van der Waals surface area (Å²) >= 11 is 0. The predicted molar refractivity (Wildman–Crippen MR) is 140 cm³/mol. The third kappa shape index (κ3) is 11.3. The molecule has 0 atom stereocenters. The Morgan fingerprint density at radius 2 is 1.76 bits per heavy atom. The van der Waals surface area contributed by atoms with Gasteiger partial charge in [0.05, 0.1) is 13.0 Å². The van der Waals surface area contributed by atoms with Crippen molar-refractivity contribution < 1.29 is 18.7 Å². The zero-order chi connectivity index (χ0) is 23.2. The van der Waals surface area contributed by atoms with E-state index in [1.807, 2.05) is 25.1 Å². The van der Waals surface area contributed by atoms with Crippen LogP contribution >= 0.6 is 24.0 Å². The topological polar surface area (TPSA) is 84.0 Å². The lowest BCUT2D eigenvalue weighted by Gasteiger charge is -2.16. The summed E-state index contributed by atoms with van der Waals surface area (Å²) in [5.41, 5.74) is 2.94. The van der Waals surface area contributed by atoms with Crippen molar-refractivity contribution in [2.45, 2.75) is 26.3 Å². The molecule has 9 heteroatoms. The van der Waals surface area contributed by atoms with E-state index in [9.17, 15) is 9.18 Å². The summed E-state index contributed by atoms with van der Waals surface area (Å²) in [5.74, 6) is 1.05. The fourth-order valence-corrected chi connectivity index (χ4v) is 2.96. The van der Waals surface area contributed by atoms with Crippen molar-refractivity contribution in [3.63, 3.8) is 0 Å². The van der Waals surface area contributed by atoms with Crippen LogP contribution in [0.25, 0.3) is 0 Å². The van der Waals surface area contributed by atoms with E-state index in [2.05, 4.69) is 20.9 Å². The second-order valence-electron chi connectivity index (χ2n) is 7.31. The highest BCUT2D eigenvalue weighted by molar-refractivity contribution is 14.0. The highest BCUT2D eigenvalue weighted by Crippen LogP contribution is 2.20. The van der Waals surface area contributed by atoms with Crippen molar-refractivity contribution in [2.75, 3.05) is 40.5 Å². The zero-order valence-corrected chi connectivity index (χ0v) is 21.8. The van der Waals surface area contributed by atoms with Crippen LogP contribution < -0.4 is 20.7 Å². The van der Waals surface area contributed by atoms with Crippen LogP contribution in [0.2, 0.25) is 0 Å². The highest BCUT2D eigenvalue weighted by Gasteiger charge is 2.07. The van der Waals surface area contributed by atoms with Gasteiger partial charge in [-0.2, -0.15) is 0 Å². The standard InChI is InChI=1S/C24H33FN4O3.HI/c1-18-5-8-20(22(15-18)32-14-4-13-31-3)17-29-24(26-2)28-12-11-27-23(30)16-19-6-9-21(25)10-7-19;/h5-10,15H,4,11-14,16-17H2,1-3H3,(H,27,30)(H2,26,28,29);1H. The molecule has 0 radical (unpaired) electrons. The molecule has 0 aliphatic rings. The molecule has 0 bridgehead atoms. The number of hydrogen-bond donors (Lipinski definition) is 3. The van der Waals surface area contributed by atoms with Gasteiger partial charge in [-0.05, 0) is 36.2 Å². The first-order valence-electron chi connectivity index (χ1n) is 10.7. The van der Waals surface area contributed by atoms with Crippen molar-refractivity contribution in [2.24, 2.45) is 4.99 Å². The normalized spacial score (nSPS) is 10.8. The van der Waals surface area contributed by atoms with E-state index >= 15 is 0 Å². The zero-order valence-electron chi connectivity index (χ0n) is 19.4. The van der Waals surface area contributed by atoms with E-state index in [1.54, 1.807) is 26.3 Å². The maximum atomic E-state index is 12.9. The first-order chi connectivity index (χ1) is 15.5. The van der Waals surface area contributed by atoms with E-state index in [0.717, 1.165) is 28.9 Å². The molecule has 182 valence electrons. The van der Waals surface area contributed by atoms with Crippen LogP contribution in [0.5, 0.6) is 5.75 Å². The third-order valence-electron chi connectivity index (χ3n) is 4.66.